The number of amides is 2. The summed E-state index contributed by atoms with van der Waals surface area (Å²) in [6.45, 7) is 2.87. The minimum Gasteiger partial charge on any atom is -0.480 e. The molecular formula is C32H50N2O5S. The van der Waals surface area contributed by atoms with Crippen molar-refractivity contribution < 1.29 is 24.2 Å². The largest absolute Gasteiger partial charge is 0.480 e. The number of aliphatic carboxylic acids is 1. The van der Waals surface area contributed by atoms with Gasteiger partial charge < -0.3 is 20.5 Å². The molecule has 0 aliphatic rings. The maximum Gasteiger partial charge on any atom is 0.408 e. The van der Waals surface area contributed by atoms with Crippen molar-refractivity contribution in [1.82, 2.24) is 10.6 Å². The number of carbonyl (C=O) groups excluding carboxylic acids is 2. The molecule has 0 saturated carbocycles. The van der Waals surface area contributed by atoms with E-state index in [0.29, 0.717) is 25.8 Å². The summed E-state index contributed by atoms with van der Waals surface area (Å²) in [6, 6.07) is 8.87. The Kier molecular flexibility index (Phi) is 17.8. The van der Waals surface area contributed by atoms with Crippen molar-refractivity contribution in [2.75, 3.05) is 6.54 Å². The van der Waals surface area contributed by atoms with E-state index in [2.05, 4.69) is 17.6 Å². The van der Waals surface area contributed by atoms with Crippen LogP contribution >= 0.6 is 11.3 Å². The van der Waals surface area contributed by atoms with Crippen molar-refractivity contribution in [3.63, 3.8) is 0 Å². The molecule has 1 heterocycles. The molecule has 0 aliphatic carbocycles. The quantitative estimate of drug-likeness (QED) is 0.116. The molecule has 0 saturated heterocycles. The van der Waals surface area contributed by atoms with Crippen LogP contribution in [0.2, 0.25) is 0 Å². The van der Waals surface area contributed by atoms with E-state index < -0.39 is 18.1 Å². The molecule has 1 aromatic carbocycles. The summed E-state index contributed by atoms with van der Waals surface area (Å²) in [5.41, 5.74) is 0. The van der Waals surface area contributed by atoms with Crippen LogP contribution in [-0.4, -0.2) is 35.7 Å². The van der Waals surface area contributed by atoms with Gasteiger partial charge >= 0.3 is 12.1 Å². The summed E-state index contributed by atoms with van der Waals surface area (Å²) in [5.74, 6) is -1.04. The van der Waals surface area contributed by atoms with Crippen LogP contribution in [0.15, 0.2) is 30.3 Å². The number of hydrogen-bond acceptors (Lipinski definition) is 5. The molecule has 7 nitrogen and oxygen atoms in total. The minimum absolute atomic E-state index is 0.0563. The van der Waals surface area contributed by atoms with Crippen molar-refractivity contribution in [3.05, 3.63) is 35.2 Å². The molecule has 2 amide bonds. The summed E-state index contributed by atoms with van der Waals surface area (Å²) in [6.07, 6.45) is 18.0. The van der Waals surface area contributed by atoms with Gasteiger partial charge in [0.1, 0.15) is 12.6 Å². The van der Waals surface area contributed by atoms with Gasteiger partial charge in [-0.05, 0) is 43.2 Å². The summed E-state index contributed by atoms with van der Waals surface area (Å²) >= 11 is 1.54. The molecule has 0 radical (unpaired) electrons. The van der Waals surface area contributed by atoms with Crippen LogP contribution in [0.5, 0.6) is 0 Å². The zero-order valence-corrected chi connectivity index (χ0v) is 25.2. The van der Waals surface area contributed by atoms with Crippen molar-refractivity contribution in [1.29, 1.82) is 0 Å². The molecule has 2 aromatic rings. The van der Waals surface area contributed by atoms with Gasteiger partial charge in [-0.25, -0.2) is 9.59 Å². The number of carboxylic acid groups (broad SMARTS) is 1. The lowest BCUT2D eigenvalue weighted by Gasteiger charge is -2.14. The lowest BCUT2D eigenvalue weighted by molar-refractivity contribution is -0.139. The third-order valence-corrected chi connectivity index (χ3v) is 8.25. The minimum atomic E-state index is -1.09. The van der Waals surface area contributed by atoms with Gasteiger partial charge in [0.15, 0.2) is 0 Å². The average Bonchev–Trinajstić information content (AvgIpc) is 3.36. The average molecular weight is 575 g/mol. The van der Waals surface area contributed by atoms with E-state index in [1.54, 1.807) is 11.3 Å². The predicted molar refractivity (Wildman–Crippen MR) is 164 cm³/mol. The normalized spacial score (nSPS) is 11.8. The monoisotopic (exact) mass is 574 g/mol. The smallest absolute Gasteiger partial charge is 0.408 e. The summed E-state index contributed by atoms with van der Waals surface area (Å²) in [5, 5.41) is 15.9. The van der Waals surface area contributed by atoms with Crippen molar-refractivity contribution >= 4 is 39.4 Å². The van der Waals surface area contributed by atoms with E-state index in [-0.39, 0.29) is 18.9 Å². The highest BCUT2D eigenvalue weighted by Gasteiger charge is 2.20. The molecule has 0 fully saturated rings. The number of rotatable bonds is 23. The number of alkyl carbamates (subject to hydrolysis) is 1. The molecule has 0 unspecified atom stereocenters. The van der Waals surface area contributed by atoms with E-state index in [0.717, 1.165) is 27.8 Å². The molecule has 224 valence electrons. The molecule has 0 aliphatic heterocycles. The number of hydrogen-bond donors (Lipinski definition) is 3. The fourth-order valence-electron chi connectivity index (χ4n) is 4.78. The standard InChI is InChI=1S/C32H50N2O5S/c1-2-3-4-5-6-7-8-9-10-11-12-13-14-22-30(35)33-23-18-17-20-28(31(36)37)34-32(38)39-25-27-24-26-19-15-16-21-29(26)40-27/h15-16,19,21,24,28H,2-14,17-18,20,22-23,25H2,1H3,(H,33,35)(H,34,38)(H,36,37)/t28-/m0/s1. The van der Waals surface area contributed by atoms with Crippen LogP contribution in [0.4, 0.5) is 4.79 Å². The maximum absolute atomic E-state index is 12.1. The van der Waals surface area contributed by atoms with Gasteiger partial charge in [-0.3, -0.25) is 4.79 Å². The second-order valence-electron chi connectivity index (χ2n) is 10.7. The lowest BCUT2D eigenvalue weighted by atomic mass is 10.0. The van der Waals surface area contributed by atoms with Crippen LogP contribution in [0.25, 0.3) is 10.1 Å². The van der Waals surface area contributed by atoms with E-state index >= 15 is 0 Å². The fraction of sp³-hybridized carbons (Fsp3) is 0.656. The zero-order valence-electron chi connectivity index (χ0n) is 24.4. The van der Waals surface area contributed by atoms with Gasteiger partial charge in [-0.2, -0.15) is 0 Å². The van der Waals surface area contributed by atoms with Crippen molar-refractivity contribution in [2.24, 2.45) is 0 Å². The Labute approximate surface area is 244 Å². The van der Waals surface area contributed by atoms with Crippen molar-refractivity contribution in [3.8, 4) is 0 Å². The molecule has 0 bridgehead atoms. The maximum atomic E-state index is 12.1. The van der Waals surface area contributed by atoms with Crippen LogP contribution in [0.1, 0.15) is 121 Å². The molecule has 40 heavy (non-hydrogen) atoms. The highest BCUT2D eigenvalue weighted by Crippen LogP contribution is 2.25. The second-order valence-corrected chi connectivity index (χ2v) is 11.9. The number of fused-ring (bicyclic) bond motifs is 1. The molecular weight excluding hydrogens is 524 g/mol. The van der Waals surface area contributed by atoms with Gasteiger partial charge in [0.2, 0.25) is 5.91 Å². The number of carbonyl (C=O) groups is 3. The topological polar surface area (TPSA) is 105 Å². The number of carboxylic acids is 1. The van der Waals surface area contributed by atoms with Crippen LogP contribution in [-0.2, 0) is 20.9 Å². The number of nitrogens with one attached hydrogen (secondary N) is 2. The Balaban J connectivity index is 1.44. The molecule has 1 atom stereocenters. The van der Waals surface area contributed by atoms with Crippen LogP contribution < -0.4 is 10.6 Å². The Hall–Kier alpha value is -2.61. The first kappa shape index (κ1) is 33.6. The third kappa shape index (κ3) is 15.2. The summed E-state index contributed by atoms with van der Waals surface area (Å²) < 4.78 is 6.35. The summed E-state index contributed by atoms with van der Waals surface area (Å²) in [4.78, 5) is 36.7. The van der Waals surface area contributed by atoms with E-state index in [1.165, 1.54) is 70.6 Å². The van der Waals surface area contributed by atoms with Gasteiger partial charge in [0, 0.05) is 22.5 Å². The zero-order chi connectivity index (χ0) is 28.8. The van der Waals surface area contributed by atoms with Gasteiger partial charge in [-0.1, -0.05) is 102 Å². The van der Waals surface area contributed by atoms with E-state index in [9.17, 15) is 19.5 Å². The van der Waals surface area contributed by atoms with Gasteiger partial charge in [0.25, 0.3) is 0 Å². The number of benzene rings is 1. The predicted octanol–water partition coefficient (Wildman–Crippen LogP) is 8.35. The van der Waals surface area contributed by atoms with Gasteiger partial charge in [0.05, 0.1) is 0 Å². The van der Waals surface area contributed by atoms with E-state index in [1.807, 2.05) is 30.3 Å². The Morgan fingerprint density at radius 2 is 1.48 bits per heavy atom. The highest BCUT2D eigenvalue weighted by molar-refractivity contribution is 7.19. The van der Waals surface area contributed by atoms with Crippen LogP contribution in [0, 0.1) is 0 Å². The second kappa shape index (κ2) is 21.2. The number of ether oxygens (including phenoxy) is 1. The van der Waals surface area contributed by atoms with E-state index in [4.69, 9.17) is 4.74 Å². The number of unbranched alkanes of at least 4 members (excludes halogenated alkanes) is 13. The fourth-order valence-corrected chi connectivity index (χ4v) is 5.76. The highest BCUT2D eigenvalue weighted by atomic mass is 32.1. The SMILES string of the molecule is CCCCCCCCCCCCCCCC(=O)NCCCC[C@H](NC(=O)OCc1cc2ccccc2s1)C(=O)O. The molecule has 0 spiro atoms. The Bertz CT molecular complexity index is 960. The van der Waals surface area contributed by atoms with Crippen molar-refractivity contribution in [2.45, 2.75) is 129 Å². The summed E-state index contributed by atoms with van der Waals surface area (Å²) in [7, 11) is 0. The van der Waals surface area contributed by atoms with Crippen LogP contribution in [0.3, 0.4) is 0 Å². The molecule has 1 aromatic heterocycles. The Morgan fingerprint density at radius 1 is 0.850 bits per heavy atom. The lowest BCUT2D eigenvalue weighted by Crippen LogP contribution is -2.41. The first-order valence-electron chi connectivity index (χ1n) is 15.4. The Morgan fingerprint density at radius 3 is 2.10 bits per heavy atom. The molecule has 2 rings (SSSR count). The first-order valence-corrected chi connectivity index (χ1v) is 16.2. The van der Waals surface area contributed by atoms with Gasteiger partial charge in [-0.15, -0.1) is 11.3 Å². The third-order valence-electron chi connectivity index (χ3n) is 7.16. The molecule has 3 N–H and O–H groups in total. The number of thiophene rings is 1. The molecule has 8 heteroatoms. The first-order chi connectivity index (χ1) is 19.5.